The Bertz CT molecular complexity index is 3190. The van der Waals surface area contributed by atoms with Gasteiger partial charge >= 0.3 is 0 Å². The van der Waals surface area contributed by atoms with Gasteiger partial charge in [-0.25, -0.2) is 8.78 Å². The van der Waals surface area contributed by atoms with Crippen LogP contribution in [0.1, 0.15) is 55.8 Å². The maximum Gasteiger partial charge on any atom is 0.253 e. The molecule has 6 aromatic carbocycles. The van der Waals surface area contributed by atoms with Crippen LogP contribution in [0.4, 0.5) is 20.2 Å². The van der Waals surface area contributed by atoms with E-state index in [1.165, 1.54) is 12.1 Å². The summed E-state index contributed by atoms with van der Waals surface area (Å²) in [5.74, 6) is -1.04. The van der Waals surface area contributed by atoms with Gasteiger partial charge in [-0.05, 0) is 83.6 Å². The van der Waals surface area contributed by atoms with Crippen LogP contribution in [0.15, 0.2) is 170 Å². The van der Waals surface area contributed by atoms with Crippen LogP contribution in [0.3, 0.4) is 0 Å². The Balaban J connectivity index is 0.000000156. The number of aryl methyl sites for hydroxylation is 2. The van der Waals surface area contributed by atoms with Gasteiger partial charge in [0.1, 0.15) is 11.6 Å². The first-order valence-corrected chi connectivity index (χ1v) is 24.0. The van der Waals surface area contributed by atoms with E-state index in [2.05, 4.69) is 10.2 Å². The quantitative estimate of drug-likeness (QED) is 0.150. The second-order valence-corrected chi connectivity index (χ2v) is 19.1. The minimum absolute atomic E-state index is 0.0757. The van der Waals surface area contributed by atoms with E-state index in [1.807, 2.05) is 124 Å². The summed E-state index contributed by atoms with van der Waals surface area (Å²) in [4.78, 5) is 61.0. The molecule has 2 atom stereocenters. The van der Waals surface area contributed by atoms with E-state index in [-0.39, 0.29) is 48.4 Å². The number of nitrogens with zero attached hydrogens (tertiary/aromatic N) is 8. The Morgan fingerprint density at radius 1 is 0.514 bits per heavy atom. The minimum Gasteiger partial charge on any atom is -0.337 e. The highest BCUT2D eigenvalue weighted by atomic mass is 19.1. The average Bonchev–Trinajstić information content (AvgIpc) is 4.29. The molecular weight excluding hydrogens is 911 g/mol. The zero-order chi connectivity index (χ0) is 49.7. The number of anilines is 2. The molecule has 0 bridgehead atoms. The third-order valence-electron chi connectivity index (χ3n) is 14.7. The number of fused-ring (bicyclic) bond motifs is 4. The first-order chi connectivity index (χ1) is 34.9. The second-order valence-electron chi connectivity index (χ2n) is 19.1. The van der Waals surface area contributed by atoms with E-state index in [1.54, 1.807) is 77.8 Å². The van der Waals surface area contributed by atoms with Gasteiger partial charge in [-0.3, -0.25) is 28.5 Å². The predicted molar refractivity (Wildman–Crippen MR) is 270 cm³/mol. The number of carbonyl (C=O) groups excluding carboxylic acids is 4. The summed E-state index contributed by atoms with van der Waals surface area (Å²) in [5, 5.41) is 8.31. The van der Waals surface area contributed by atoms with Crippen LogP contribution in [-0.4, -0.2) is 79.2 Å². The summed E-state index contributed by atoms with van der Waals surface area (Å²) in [6.07, 6.45) is 8.14. The fourth-order valence-electron chi connectivity index (χ4n) is 11.0. The average molecular weight is 961 g/mol. The van der Waals surface area contributed by atoms with Crippen LogP contribution < -0.4 is 9.80 Å². The molecule has 12 rings (SSSR count). The van der Waals surface area contributed by atoms with Crippen molar-refractivity contribution in [3.63, 3.8) is 0 Å². The normalized spacial score (nSPS) is 18.8. The van der Waals surface area contributed by atoms with Gasteiger partial charge in [-0.1, -0.05) is 97.1 Å². The van der Waals surface area contributed by atoms with Crippen LogP contribution in [0.25, 0.3) is 22.3 Å². The molecule has 2 spiro atoms. The van der Waals surface area contributed by atoms with Crippen LogP contribution >= 0.6 is 0 Å². The number of amides is 4. The van der Waals surface area contributed by atoms with E-state index < -0.39 is 10.8 Å². The molecule has 2 unspecified atom stereocenters. The molecule has 14 heteroatoms. The molecule has 6 heterocycles. The zero-order valence-corrected chi connectivity index (χ0v) is 39.8. The molecular formula is C58H50F2N8O4. The predicted octanol–water partition coefficient (Wildman–Crippen LogP) is 9.11. The number of carbonyl (C=O) groups is 4. The van der Waals surface area contributed by atoms with E-state index >= 15 is 8.78 Å². The number of para-hydroxylation sites is 2. The highest BCUT2D eigenvalue weighted by Gasteiger charge is 2.56. The SMILES string of the molecule is Cn1cc(-c2ccc(CN3C(=O)C4(CCN(C(=O)c5ccccc5)C4)c4ccccc43)c(F)c2)cn1.Cn1cc(-c2ccc(CN3C(=O)C4(CCN(C(=O)c5ccccc5)C4)c4ccccc43)c(F)c2)cn1. The lowest BCUT2D eigenvalue weighted by molar-refractivity contribution is -0.123. The van der Waals surface area contributed by atoms with Gasteiger partial charge in [0.2, 0.25) is 11.8 Å². The topological polar surface area (TPSA) is 117 Å². The zero-order valence-electron chi connectivity index (χ0n) is 39.8. The first-order valence-electron chi connectivity index (χ1n) is 24.0. The monoisotopic (exact) mass is 960 g/mol. The van der Waals surface area contributed by atoms with Crippen molar-refractivity contribution in [2.45, 2.75) is 36.8 Å². The molecule has 0 N–H and O–H groups in total. The lowest BCUT2D eigenvalue weighted by atomic mass is 9.81. The molecule has 4 amide bonds. The van der Waals surface area contributed by atoms with E-state index in [9.17, 15) is 19.2 Å². The van der Waals surface area contributed by atoms with Gasteiger partial charge in [0.25, 0.3) is 11.8 Å². The Kier molecular flexibility index (Phi) is 11.7. The van der Waals surface area contributed by atoms with Crippen molar-refractivity contribution in [1.82, 2.24) is 29.4 Å². The summed E-state index contributed by atoms with van der Waals surface area (Å²) in [6.45, 7) is 1.88. The van der Waals surface area contributed by atoms with Crippen molar-refractivity contribution in [1.29, 1.82) is 0 Å². The highest BCUT2D eigenvalue weighted by Crippen LogP contribution is 2.50. The van der Waals surface area contributed by atoms with Crippen LogP contribution in [0.5, 0.6) is 0 Å². The smallest absolute Gasteiger partial charge is 0.253 e. The number of aromatic nitrogens is 4. The van der Waals surface area contributed by atoms with E-state index in [0.29, 0.717) is 61.3 Å². The third kappa shape index (κ3) is 8.02. The first kappa shape index (κ1) is 45.9. The van der Waals surface area contributed by atoms with E-state index in [0.717, 1.165) is 44.8 Å². The van der Waals surface area contributed by atoms with Gasteiger partial charge in [0.15, 0.2) is 0 Å². The Morgan fingerprint density at radius 3 is 1.28 bits per heavy atom. The number of hydrogen-bond acceptors (Lipinski definition) is 6. The number of hydrogen-bond donors (Lipinski definition) is 0. The van der Waals surface area contributed by atoms with Crippen LogP contribution in [-0.2, 0) is 47.6 Å². The molecule has 72 heavy (non-hydrogen) atoms. The van der Waals surface area contributed by atoms with Gasteiger partial charge in [0, 0.05) is 97.4 Å². The lowest BCUT2D eigenvalue weighted by Gasteiger charge is -2.25. The summed E-state index contributed by atoms with van der Waals surface area (Å²) in [6, 6.07) is 43.8. The standard InChI is InChI=1S/2C29H25FN4O2/c2*1-32-17-23(16-31-32)21-11-12-22(25(30)15-21)18-34-26-10-6-5-9-24(26)29(28(34)36)13-14-33(19-29)27(35)20-7-3-2-4-8-20/h2*2-12,15-17H,13-14,18-19H2,1H3. The Hall–Kier alpha value is -8.52. The number of halogens is 2. The minimum atomic E-state index is -0.812. The van der Waals surface area contributed by atoms with Crippen molar-refractivity contribution < 1.29 is 28.0 Å². The third-order valence-corrected chi connectivity index (χ3v) is 14.7. The van der Waals surface area contributed by atoms with Crippen molar-refractivity contribution >= 4 is 35.0 Å². The van der Waals surface area contributed by atoms with Gasteiger partial charge in [-0.2, -0.15) is 10.2 Å². The lowest BCUT2D eigenvalue weighted by Crippen LogP contribution is -2.43. The largest absolute Gasteiger partial charge is 0.337 e. The molecule has 2 fully saturated rings. The number of benzene rings is 6. The fraction of sp³-hybridized carbons (Fsp3) is 0.207. The summed E-state index contributed by atoms with van der Waals surface area (Å²) < 4.78 is 33.8. The van der Waals surface area contributed by atoms with Crippen molar-refractivity contribution in [3.8, 4) is 22.3 Å². The second kappa shape index (κ2) is 18.3. The van der Waals surface area contributed by atoms with Crippen LogP contribution in [0.2, 0.25) is 0 Å². The molecule has 0 aliphatic carbocycles. The van der Waals surface area contributed by atoms with Crippen LogP contribution in [0, 0.1) is 11.6 Å². The van der Waals surface area contributed by atoms with Crippen molar-refractivity contribution in [2.24, 2.45) is 14.1 Å². The molecule has 360 valence electrons. The number of rotatable bonds is 8. The molecule has 4 aliphatic heterocycles. The number of likely N-dealkylation sites (tertiary alicyclic amines) is 2. The van der Waals surface area contributed by atoms with Crippen molar-refractivity contribution in [2.75, 3.05) is 36.0 Å². The van der Waals surface area contributed by atoms with E-state index in [4.69, 9.17) is 0 Å². The summed E-state index contributed by atoms with van der Waals surface area (Å²) in [5.41, 5.74) is 7.01. The maximum absolute atomic E-state index is 15.2. The molecule has 12 nitrogen and oxygen atoms in total. The highest BCUT2D eigenvalue weighted by molar-refractivity contribution is 6.10. The molecule has 0 saturated carbocycles. The Labute approximate surface area is 415 Å². The van der Waals surface area contributed by atoms with Crippen molar-refractivity contribution in [3.05, 3.63) is 215 Å². The molecule has 0 radical (unpaired) electrons. The molecule has 2 aromatic heterocycles. The molecule has 4 aliphatic rings. The Morgan fingerprint density at radius 2 is 0.903 bits per heavy atom. The van der Waals surface area contributed by atoms with Gasteiger partial charge < -0.3 is 19.6 Å². The summed E-state index contributed by atoms with van der Waals surface area (Å²) in [7, 11) is 3.64. The maximum atomic E-state index is 15.2. The molecule has 8 aromatic rings. The van der Waals surface area contributed by atoms with Gasteiger partial charge in [0.05, 0.1) is 36.3 Å². The van der Waals surface area contributed by atoms with Gasteiger partial charge in [-0.15, -0.1) is 0 Å². The summed E-state index contributed by atoms with van der Waals surface area (Å²) >= 11 is 0. The fourth-order valence-corrected chi connectivity index (χ4v) is 11.0. The molecule has 2 saturated heterocycles.